The van der Waals surface area contributed by atoms with E-state index in [4.69, 9.17) is 5.73 Å². The van der Waals surface area contributed by atoms with Gasteiger partial charge < -0.3 is 5.73 Å². The Hall–Kier alpha value is -1.56. The number of nitrogens with two attached hydrogens (primary N) is 1. The predicted octanol–water partition coefficient (Wildman–Crippen LogP) is 2.56. The first-order valence-electron chi connectivity index (χ1n) is 6.02. The third-order valence-corrected chi connectivity index (χ3v) is 3.47. The van der Waals surface area contributed by atoms with Gasteiger partial charge in [0, 0.05) is 11.3 Å². The van der Waals surface area contributed by atoms with Crippen molar-refractivity contribution in [1.82, 2.24) is 4.90 Å². The van der Waals surface area contributed by atoms with Crippen molar-refractivity contribution in [3.05, 3.63) is 29.3 Å². The zero-order chi connectivity index (χ0) is 14.2. The van der Waals surface area contributed by atoms with Crippen LogP contribution in [0, 0.1) is 0 Å². The summed E-state index contributed by atoms with van der Waals surface area (Å²) in [6.07, 6.45) is -2.82. The van der Waals surface area contributed by atoms with E-state index in [2.05, 4.69) is 0 Å². The lowest BCUT2D eigenvalue weighted by atomic mass is 9.99. The number of nitrogens with zero attached hydrogens (tertiary/aromatic N) is 1. The summed E-state index contributed by atoms with van der Waals surface area (Å²) < 4.78 is 37.5. The van der Waals surface area contributed by atoms with Crippen LogP contribution >= 0.6 is 0 Å². The van der Waals surface area contributed by atoms with Crippen molar-refractivity contribution in [2.45, 2.75) is 25.1 Å². The molecule has 0 spiro atoms. The van der Waals surface area contributed by atoms with Gasteiger partial charge >= 0.3 is 6.18 Å². The third-order valence-electron chi connectivity index (χ3n) is 3.47. The Morgan fingerprint density at radius 2 is 2.11 bits per heavy atom. The van der Waals surface area contributed by atoms with Crippen molar-refractivity contribution >= 4 is 11.5 Å². The van der Waals surface area contributed by atoms with E-state index >= 15 is 0 Å². The number of anilines is 1. The molecule has 3 nitrogen and oxygen atoms in total. The van der Waals surface area contributed by atoms with Gasteiger partial charge in [-0.15, -0.1) is 0 Å². The van der Waals surface area contributed by atoms with Crippen molar-refractivity contribution in [1.29, 1.82) is 0 Å². The highest BCUT2D eigenvalue weighted by Crippen LogP contribution is 2.32. The molecular formula is C13H15F3N2O. The molecule has 0 bridgehead atoms. The summed E-state index contributed by atoms with van der Waals surface area (Å²) >= 11 is 0. The summed E-state index contributed by atoms with van der Waals surface area (Å²) in [4.78, 5) is 14.1. The molecule has 104 valence electrons. The predicted molar refractivity (Wildman–Crippen MR) is 65.8 cm³/mol. The van der Waals surface area contributed by atoms with Gasteiger partial charge in [-0.25, -0.2) is 0 Å². The van der Waals surface area contributed by atoms with Gasteiger partial charge in [0.15, 0.2) is 5.78 Å². The molecule has 1 heterocycles. The van der Waals surface area contributed by atoms with Gasteiger partial charge in [-0.05, 0) is 44.6 Å². The van der Waals surface area contributed by atoms with Crippen LogP contribution < -0.4 is 5.73 Å². The second-order valence-corrected chi connectivity index (χ2v) is 4.80. The summed E-state index contributed by atoms with van der Waals surface area (Å²) in [5.74, 6) is -0.203. The Labute approximate surface area is 109 Å². The molecule has 0 aromatic heterocycles. The molecule has 1 aromatic rings. The number of hydrogen-bond acceptors (Lipinski definition) is 3. The van der Waals surface area contributed by atoms with Crippen LogP contribution in [-0.4, -0.2) is 30.3 Å². The Balaban J connectivity index is 2.29. The SMILES string of the molecule is CN1CCCC1C(=O)c1ccc(C(F)(F)F)cc1N. The molecule has 6 heteroatoms. The third kappa shape index (κ3) is 2.73. The largest absolute Gasteiger partial charge is 0.416 e. The van der Waals surface area contributed by atoms with Crippen LogP contribution in [0.25, 0.3) is 0 Å². The number of carbonyl (C=O) groups is 1. The normalized spacial score (nSPS) is 20.7. The number of Topliss-reactive ketones (excluding diaryl/α,β-unsaturated/α-hetero) is 1. The first kappa shape index (κ1) is 13.9. The Kier molecular flexibility index (Phi) is 3.54. The van der Waals surface area contributed by atoms with E-state index in [1.807, 2.05) is 11.9 Å². The van der Waals surface area contributed by atoms with Crippen molar-refractivity contribution in [3.63, 3.8) is 0 Å². The number of ketones is 1. The topological polar surface area (TPSA) is 46.3 Å². The van der Waals surface area contributed by atoms with Crippen molar-refractivity contribution < 1.29 is 18.0 Å². The summed E-state index contributed by atoms with van der Waals surface area (Å²) in [5.41, 5.74) is 4.82. The van der Waals surface area contributed by atoms with Crippen molar-refractivity contribution in [2.24, 2.45) is 0 Å². The average Bonchev–Trinajstić information content (AvgIpc) is 2.73. The number of carbonyl (C=O) groups excluding carboxylic acids is 1. The second kappa shape index (κ2) is 4.85. The standard InChI is InChI=1S/C13H15F3N2O/c1-18-6-2-3-11(18)12(19)9-5-4-8(7-10(9)17)13(14,15)16/h4-5,7,11H,2-3,6,17H2,1H3. The molecule has 1 saturated heterocycles. The van der Waals surface area contributed by atoms with Gasteiger partial charge in [-0.3, -0.25) is 9.69 Å². The summed E-state index contributed by atoms with van der Waals surface area (Å²) in [7, 11) is 1.83. The van der Waals surface area contributed by atoms with E-state index in [1.54, 1.807) is 0 Å². The quantitative estimate of drug-likeness (QED) is 0.665. The fourth-order valence-corrected chi connectivity index (χ4v) is 2.38. The molecule has 0 aliphatic carbocycles. The minimum Gasteiger partial charge on any atom is -0.398 e. The lowest BCUT2D eigenvalue weighted by Gasteiger charge is -2.19. The van der Waals surface area contributed by atoms with Crippen LogP contribution in [0.4, 0.5) is 18.9 Å². The van der Waals surface area contributed by atoms with Crippen LogP contribution in [-0.2, 0) is 6.18 Å². The van der Waals surface area contributed by atoms with Gasteiger partial charge in [0.25, 0.3) is 0 Å². The number of benzene rings is 1. The van der Waals surface area contributed by atoms with Crippen LogP contribution in [0.2, 0.25) is 0 Å². The fourth-order valence-electron chi connectivity index (χ4n) is 2.38. The number of hydrogen-bond donors (Lipinski definition) is 1. The van der Waals surface area contributed by atoms with Crippen LogP contribution in [0.5, 0.6) is 0 Å². The fraction of sp³-hybridized carbons (Fsp3) is 0.462. The first-order valence-corrected chi connectivity index (χ1v) is 6.02. The first-order chi connectivity index (χ1) is 8.80. The number of nitrogen functional groups attached to an aromatic ring is 1. The highest BCUT2D eigenvalue weighted by molar-refractivity contribution is 6.04. The molecule has 19 heavy (non-hydrogen) atoms. The smallest absolute Gasteiger partial charge is 0.398 e. The molecule has 0 radical (unpaired) electrons. The Morgan fingerprint density at radius 1 is 1.42 bits per heavy atom. The van der Waals surface area contributed by atoms with E-state index < -0.39 is 11.7 Å². The molecule has 1 fully saturated rings. The summed E-state index contributed by atoms with van der Waals surface area (Å²) in [6.45, 7) is 0.816. The molecular weight excluding hydrogens is 257 g/mol. The van der Waals surface area contributed by atoms with Crippen LogP contribution in [0.3, 0.4) is 0 Å². The maximum absolute atomic E-state index is 12.5. The van der Waals surface area contributed by atoms with E-state index in [-0.39, 0.29) is 23.1 Å². The van der Waals surface area contributed by atoms with Gasteiger partial charge in [0.1, 0.15) is 0 Å². The van der Waals surface area contributed by atoms with Gasteiger partial charge in [0.05, 0.1) is 11.6 Å². The van der Waals surface area contributed by atoms with Crippen LogP contribution in [0.15, 0.2) is 18.2 Å². The number of alkyl halides is 3. The summed E-state index contributed by atoms with van der Waals surface area (Å²) in [6, 6.07) is 2.62. The molecule has 0 saturated carbocycles. The van der Waals surface area contributed by atoms with E-state index in [0.717, 1.165) is 31.5 Å². The molecule has 1 atom stereocenters. The van der Waals surface area contributed by atoms with E-state index in [0.29, 0.717) is 0 Å². The summed E-state index contributed by atoms with van der Waals surface area (Å²) in [5, 5.41) is 0. The minimum atomic E-state index is -4.44. The van der Waals surface area contributed by atoms with E-state index in [1.165, 1.54) is 6.07 Å². The number of likely N-dealkylation sites (N-methyl/N-ethyl adjacent to an activating group) is 1. The van der Waals surface area contributed by atoms with Gasteiger partial charge in [-0.2, -0.15) is 13.2 Å². The average molecular weight is 272 g/mol. The van der Waals surface area contributed by atoms with Crippen molar-refractivity contribution in [3.8, 4) is 0 Å². The molecule has 0 amide bonds. The zero-order valence-electron chi connectivity index (χ0n) is 10.5. The molecule has 2 rings (SSSR count). The maximum Gasteiger partial charge on any atom is 0.416 e. The number of halogens is 3. The molecule has 1 aliphatic heterocycles. The monoisotopic (exact) mass is 272 g/mol. The van der Waals surface area contributed by atoms with Gasteiger partial charge in [0.2, 0.25) is 0 Å². The highest BCUT2D eigenvalue weighted by Gasteiger charge is 2.33. The van der Waals surface area contributed by atoms with E-state index in [9.17, 15) is 18.0 Å². The lowest BCUT2D eigenvalue weighted by Crippen LogP contribution is -2.33. The Morgan fingerprint density at radius 3 is 2.58 bits per heavy atom. The molecule has 1 aliphatic rings. The maximum atomic E-state index is 12.5. The highest BCUT2D eigenvalue weighted by atomic mass is 19.4. The van der Waals surface area contributed by atoms with Crippen molar-refractivity contribution in [2.75, 3.05) is 19.3 Å². The zero-order valence-corrected chi connectivity index (χ0v) is 10.5. The molecule has 1 unspecified atom stereocenters. The van der Waals surface area contributed by atoms with Crippen LogP contribution in [0.1, 0.15) is 28.8 Å². The number of likely N-dealkylation sites (tertiary alicyclic amines) is 1. The molecule has 1 aromatic carbocycles. The molecule has 2 N–H and O–H groups in total. The minimum absolute atomic E-state index is 0.111. The Bertz CT molecular complexity index is 499. The lowest BCUT2D eigenvalue weighted by molar-refractivity contribution is -0.137. The second-order valence-electron chi connectivity index (χ2n) is 4.80. The van der Waals surface area contributed by atoms with Gasteiger partial charge in [-0.1, -0.05) is 0 Å². The number of rotatable bonds is 2.